The third kappa shape index (κ3) is 2.26. The summed E-state index contributed by atoms with van der Waals surface area (Å²) in [7, 11) is 0. The van der Waals surface area contributed by atoms with Gasteiger partial charge in [-0.05, 0) is 25.0 Å². The number of para-hydroxylation sites is 2. The molecule has 2 atom stereocenters. The van der Waals surface area contributed by atoms with Crippen LogP contribution in [0.3, 0.4) is 0 Å². The number of carbonyl (C=O) groups is 1. The van der Waals surface area contributed by atoms with Gasteiger partial charge in [-0.15, -0.1) is 0 Å². The van der Waals surface area contributed by atoms with E-state index in [4.69, 9.17) is 15.2 Å². The molecule has 0 saturated carbocycles. The topological polar surface area (TPSA) is 64.8 Å². The molecule has 0 bridgehead atoms. The highest BCUT2D eigenvalue weighted by atomic mass is 16.6. The summed E-state index contributed by atoms with van der Waals surface area (Å²) in [5, 5.41) is 0. The summed E-state index contributed by atoms with van der Waals surface area (Å²) >= 11 is 0. The van der Waals surface area contributed by atoms with Crippen LogP contribution in [0.15, 0.2) is 24.3 Å². The minimum Gasteiger partial charge on any atom is -0.485 e. The van der Waals surface area contributed by atoms with Crippen LogP contribution < -0.4 is 15.2 Å². The molecule has 2 aliphatic heterocycles. The van der Waals surface area contributed by atoms with Gasteiger partial charge in [-0.25, -0.2) is 0 Å². The van der Waals surface area contributed by atoms with Gasteiger partial charge in [0.05, 0.1) is 0 Å². The molecule has 5 nitrogen and oxygen atoms in total. The van der Waals surface area contributed by atoms with Crippen molar-refractivity contribution in [3.8, 4) is 11.5 Å². The van der Waals surface area contributed by atoms with E-state index in [0.717, 1.165) is 19.4 Å². The first kappa shape index (κ1) is 12.3. The number of hydrogen-bond donors (Lipinski definition) is 1. The van der Waals surface area contributed by atoms with Crippen molar-refractivity contribution in [2.24, 2.45) is 5.73 Å². The molecular weight excluding hydrogens is 244 g/mol. The average Bonchev–Trinajstić information content (AvgIpc) is 2.94. The summed E-state index contributed by atoms with van der Waals surface area (Å²) in [6, 6.07) is 7.56. The van der Waals surface area contributed by atoms with Crippen LogP contribution in [-0.4, -0.2) is 42.6 Å². The summed E-state index contributed by atoms with van der Waals surface area (Å²) in [6.07, 6.45) is 1.44. The van der Waals surface area contributed by atoms with Gasteiger partial charge in [-0.2, -0.15) is 0 Å². The van der Waals surface area contributed by atoms with Crippen molar-refractivity contribution >= 4 is 5.91 Å². The second-order valence-corrected chi connectivity index (χ2v) is 4.93. The van der Waals surface area contributed by atoms with Crippen molar-refractivity contribution in [3.63, 3.8) is 0 Å². The lowest BCUT2D eigenvalue weighted by Crippen LogP contribution is -2.49. The molecule has 3 rings (SSSR count). The maximum atomic E-state index is 12.4. The molecule has 2 N–H and O–H groups in total. The minimum absolute atomic E-state index is 0.0116. The van der Waals surface area contributed by atoms with Crippen LogP contribution in [0.5, 0.6) is 11.5 Å². The predicted molar refractivity (Wildman–Crippen MR) is 70.1 cm³/mol. The fourth-order valence-corrected chi connectivity index (χ4v) is 2.70. The van der Waals surface area contributed by atoms with Crippen LogP contribution in [0, 0.1) is 0 Å². The second-order valence-electron chi connectivity index (χ2n) is 4.93. The molecule has 1 aromatic rings. The molecule has 19 heavy (non-hydrogen) atoms. The van der Waals surface area contributed by atoms with Crippen LogP contribution in [0.4, 0.5) is 0 Å². The molecule has 102 valence electrons. The number of hydrogen-bond acceptors (Lipinski definition) is 4. The Morgan fingerprint density at radius 3 is 2.95 bits per heavy atom. The number of nitrogens with zero attached hydrogens (tertiary/aromatic N) is 1. The Kier molecular flexibility index (Phi) is 3.29. The molecular formula is C14H18N2O3. The van der Waals surface area contributed by atoms with E-state index in [-0.39, 0.29) is 18.6 Å². The number of likely N-dealkylation sites (tertiary alicyclic amines) is 1. The van der Waals surface area contributed by atoms with E-state index in [2.05, 4.69) is 0 Å². The predicted octanol–water partition coefficient (Wildman–Crippen LogP) is 0.776. The van der Waals surface area contributed by atoms with E-state index in [1.807, 2.05) is 29.2 Å². The minimum atomic E-state index is -0.554. The molecule has 0 unspecified atom stereocenters. The van der Waals surface area contributed by atoms with Gasteiger partial charge in [0.2, 0.25) is 6.10 Å². The Labute approximate surface area is 112 Å². The zero-order valence-electron chi connectivity index (χ0n) is 10.7. The van der Waals surface area contributed by atoms with Crippen molar-refractivity contribution in [1.29, 1.82) is 0 Å². The smallest absolute Gasteiger partial charge is 0.267 e. The Bertz CT molecular complexity index is 478. The fraction of sp³-hybridized carbons (Fsp3) is 0.500. The van der Waals surface area contributed by atoms with Gasteiger partial charge in [0.15, 0.2) is 11.5 Å². The summed E-state index contributed by atoms with van der Waals surface area (Å²) in [5.41, 5.74) is 5.70. The number of carbonyl (C=O) groups excluding carboxylic acids is 1. The number of fused-ring (bicyclic) bond motifs is 1. The lowest BCUT2D eigenvalue weighted by atomic mass is 10.2. The standard InChI is InChI=1S/C14H18N2O3/c15-8-10-4-3-7-16(10)14(17)13-9-18-11-5-1-2-6-12(11)19-13/h1-2,5-6,10,13H,3-4,7-9,15H2/t10-,13-/m0/s1. The molecule has 5 heteroatoms. The molecule has 0 radical (unpaired) electrons. The van der Waals surface area contributed by atoms with Gasteiger partial charge in [0, 0.05) is 19.1 Å². The van der Waals surface area contributed by atoms with E-state index in [1.54, 1.807) is 0 Å². The first-order valence-corrected chi connectivity index (χ1v) is 6.68. The van der Waals surface area contributed by atoms with Crippen molar-refractivity contribution in [2.45, 2.75) is 25.0 Å². The van der Waals surface area contributed by atoms with Gasteiger partial charge in [-0.1, -0.05) is 12.1 Å². The van der Waals surface area contributed by atoms with Gasteiger partial charge < -0.3 is 20.1 Å². The second kappa shape index (κ2) is 5.09. The normalized spacial score (nSPS) is 25.4. The Morgan fingerprint density at radius 1 is 1.37 bits per heavy atom. The van der Waals surface area contributed by atoms with E-state index in [9.17, 15) is 4.79 Å². The fourth-order valence-electron chi connectivity index (χ4n) is 2.70. The number of amides is 1. The molecule has 1 aromatic carbocycles. The Morgan fingerprint density at radius 2 is 2.16 bits per heavy atom. The summed E-state index contributed by atoms with van der Waals surface area (Å²) in [4.78, 5) is 14.3. The van der Waals surface area contributed by atoms with E-state index in [0.29, 0.717) is 18.0 Å². The third-order valence-electron chi connectivity index (χ3n) is 3.72. The molecule has 0 aliphatic carbocycles. The van der Waals surface area contributed by atoms with Crippen molar-refractivity contribution < 1.29 is 14.3 Å². The molecule has 1 fully saturated rings. The summed E-state index contributed by atoms with van der Waals surface area (Å²) < 4.78 is 11.3. The zero-order valence-corrected chi connectivity index (χ0v) is 10.7. The van der Waals surface area contributed by atoms with Crippen LogP contribution in [-0.2, 0) is 4.79 Å². The first-order valence-electron chi connectivity index (χ1n) is 6.68. The SMILES string of the molecule is NC[C@@H]1CCCN1C(=O)[C@@H]1COc2ccccc2O1. The summed E-state index contributed by atoms with van der Waals surface area (Å²) in [6.45, 7) is 1.54. The Balaban J connectivity index is 1.72. The largest absolute Gasteiger partial charge is 0.485 e. The zero-order chi connectivity index (χ0) is 13.2. The van der Waals surface area contributed by atoms with Crippen molar-refractivity contribution in [1.82, 2.24) is 4.90 Å². The van der Waals surface area contributed by atoms with Gasteiger partial charge in [-0.3, -0.25) is 4.79 Å². The van der Waals surface area contributed by atoms with Crippen LogP contribution in [0.1, 0.15) is 12.8 Å². The van der Waals surface area contributed by atoms with Gasteiger partial charge in [0.1, 0.15) is 6.61 Å². The molecule has 0 spiro atoms. The van der Waals surface area contributed by atoms with E-state index < -0.39 is 6.10 Å². The van der Waals surface area contributed by atoms with Gasteiger partial charge >= 0.3 is 0 Å². The quantitative estimate of drug-likeness (QED) is 0.855. The maximum Gasteiger partial charge on any atom is 0.267 e. The first-order chi connectivity index (χ1) is 9.29. The Hall–Kier alpha value is -1.75. The van der Waals surface area contributed by atoms with Crippen molar-refractivity contribution in [3.05, 3.63) is 24.3 Å². The number of benzene rings is 1. The molecule has 1 amide bonds. The number of ether oxygens (including phenoxy) is 2. The van der Waals surface area contributed by atoms with Crippen LogP contribution in [0.2, 0.25) is 0 Å². The third-order valence-corrected chi connectivity index (χ3v) is 3.72. The number of nitrogens with two attached hydrogens (primary N) is 1. The summed E-state index contributed by atoms with van der Waals surface area (Å²) in [5.74, 6) is 1.32. The van der Waals surface area contributed by atoms with E-state index >= 15 is 0 Å². The highest BCUT2D eigenvalue weighted by molar-refractivity contribution is 5.82. The lowest BCUT2D eigenvalue weighted by molar-refractivity contribution is -0.141. The van der Waals surface area contributed by atoms with Crippen LogP contribution in [0.25, 0.3) is 0 Å². The molecule has 2 heterocycles. The van der Waals surface area contributed by atoms with Crippen molar-refractivity contribution in [2.75, 3.05) is 19.7 Å². The van der Waals surface area contributed by atoms with E-state index in [1.165, 1.54) is 0 Å². The average molecular weight is 262 g/mol. The number of rotatable bonds is 2. The maximum absolute atomic E-state index is 12.4. The van der Waals surface area contributed by atoms with Crippen LogP contribution >= 0.6 is 0 Å². The highest BCUT2D eigenvalue weighted by Crippen LogP contribution is 2.31. The highest BCUT2D eigenvalue weighted by Gasteiger charge is 2.35. The van der Waals surface area contributed by atoms with Gasteiger partial charge in [0.25, 0.3) is 5.91 Å². The monoisotopic (exact) mass is 262 g/mol. The molecule has 0 aromatic heterocycles. The molecule has 1 saturated heterocycles. The molecule has 2 aliphatic rings. The lowest BCUT2D eigenvalue weighted by Gasteiger charge is -2.31.